The van der Waals surface area contributed by atoms with Crippen LogP contribution in [0.5, 0.6) is 0 Å². The maximum absolute atomic E-state index is 12.0. The molecule has 3 N–H and O–H groups in total. The van der Waals surface area contributed by atoms with Gasteiger partial charge in [-0.25, -0.2) is 9.59 Å². The molecule has 2 fully saturated rings. The lowest BCUT2D eigenvalue weighted by molar-refractivity contribution is -0.145. The van der Waals surface area contributed by atoms with Crippen molar-refractivity contribution in [2.24, 2.45) is 11.3 Å². The summed E-state index contributed by atoms with van der Waals surface area (Å²) in [6.07, 6.45) is 6.01. The average molecular weight is 282 g/mol. The van der Waals surface area contributed by atoms with Crippen LogP contribution in [-0.4, -0.2) is 29.2 Å². The Morgan fingerprint density at radius 1 is 1.15 bits per heavy atom. The van der Waals surface area contributed by atoms with Crippen LogP contribution in [0.3, 0.4) is 0 Å². The van der Waals surface area contributed by atoms with E-state index in [-0.39, 0.29) is 6.03 Å². The van der Waals surface area contributed by atoms with Crippen LogP contribution < -0.4 is 10.6 Å². The van der Waals surface area contributed by atoms with E-state index >= 15 is 0 Å². The molecular formula is C15H26N2O3. The van der Waals surface area contributed by atoms with Crippen molar-refractivity contribution in [1.82, 2.24) is 10.6 Å². The molecule has 0 radical (unpaired) electrons. The van der Waals surface area contributed by atoms with Gasteiger partial charge in [-0.1, -0.05) is 39.5 Å². The first-order chi connectivity index (χ1) is 9.36. The Kier molecular flexibility index (Phi) is 4.25. The lowest BCUT2D eigenvalue weighted by Crippen LogP contribution is -2.57. The second-order valence-electron chi connectivity index (χ2n) is 7.03. The Morgan fingerprint density at radius 2 is 1.70 bits per heavy atom. The highest BCUT2D eigenvalue weighted by Crippen LogP contribution is 2.50. The molecule has 2 aliphatic carbocycles. The highest BCUT2D eigenvalue weighted by molar-refractivity contribution is 5.86. The summed E-state index contributed by atoms with van der Waals surface area (Å²) < 4.78 is 0. The molecule has 0 heterocycles. The van der Waals surface area contributed by atoms with Gasteiger partial charge in [0, 0.05) is 6.54 Å². The van der Waals surface area contributed by atoms with Crippen LogP contribution in [-0.2, 0) is 4.79 Å². The molecule has 1 unspecified atom stereocenters. The van der Waals surface area contributed by atoms with Crippen molar-refractivity contribution in [2.45, 2.75) is 64.3 Å². The molecule has 2 saturated carbocycles. The molecule has 1 atom stereocenters. The molecule has 0 aromatic rings. The van der Waals surface area contributed by atoms with Crippen molar-refractivity contribution in [3.05, 3.63) is 0 Å². The minimum absolute atomic E-state index is 0.320. The molecule has 0 aliphatic heterocycles. The topological polar surface area (TPSA) is 78.4 Å². The second kappa shape index (κ2) is 5.62. The van der Waals surface area contributed by atoms with Crippen molar-refractivity contribution in [2.75, 3.05) is 6.54 Å². The smallest absolute Gasteiger partial charge is 0.329 e. The van der Waals surface area contributed by atoms with Crippen LogP contribution in [0.4, 0.5) is 4.79 Å². The Balaban J connectivity index is 1.87. The van der Waals surface area contributed by atoms with Gasteiger partial charge in [-0.3, -0.25) is 0 Å². The molecule has 2 amide bonds. The number of amides is 2. The largest absolute Gasteiger partial charge is 0.480 e. The van der Waals surface area contributed by atoms with E-state index in [1.165, 1.54) is 0 Å². The number of hydrogen-bond donors (Lipinski definition) is 3. The van der Waals surface area contributed by atoms with Crippen LogP contribution in [0, 0.1) is 11.3 Å². The summed E-state index contributed by atoms with van der Waals surface area (Å²) in [4.78, 5) is 23.6. The van der Waals surface area contributed by atoms with Gasteiger partial charge in [0.15, 0.2) is 0 Å². The van der Waals surface area contributed by atoms with Gasteiger partial charge in [-0.05, 0) is 30.6 Å². The third-order valence-electron chi connectivity index (χ3n) is 4.95. The minimum Gasteiger partial charge on any atom is -0.480 e. The molecule has 2 aliphatic rings. The number of carboxylic acids is 1. The van der Waals surface area contributed by atoms with Gasteiger partial charge in [0.05, 0.1) is 0 Å². The van der Waals surface area contributed by atoms with E-state index in [0.29, 0.717) is 30.7 Å². The molecule has 0 bridgehead atoms. The monoisotopic (exact) mass is 282 g/mol. The van der Waals surface area contributed by atoms with Crippen LogP contribution in [0.25, 0.3) is 0 Å². The summed E-state index contributed by atoms with van der Waals surface area (Å²) in [5.41, 5.74) is -0.750. The number of aliphatic carboxylic acids is 1. The summed E-state index contributed by atoms with van der Waals surface area (Å²) in [5, 5.41) is 15.1. The van der Waals surface area contributed by atoms with Crippen LogP contribution in [0.2, 0.25) is 0 Å². The zero-order chi connectivity index (χ0) is 14.8. The predicted molar refractivity (Wildman–Crippen MR) is 76.5 cm³/mol. The molecule has 0 aromatic heterocycles. The molecule has 114 valence electrons. The van der Waals surface area contributed by atoms with E-state index in [1.54, 1.807) is 0 Å². The molecule has 5 nitrogen and oxygen atoms in total. The number of carbonyl (C=O) groups is 2. The Labute approximate surface area is 120 Å². The number of carbonyl (C=O) groups excluding carboxylic acids is 1. The lowest BCUT2D eigenvalue weighted by Gasteiger charge is -2.29. The Hall–Kier alpha value is -1.26. The minimum atomic E-state index is -1.07. The number of rotatable bonds is 4. The van der Waals surface area contributed by atoms with Gasteiger partial charge in [0.2, 0.25) is 0 Å². The van der Waals surface area contributed by atoms with Gasteiger partial charge in [-0.15, -0.1) is 0 Å². The number of hydrogen-bond acceptors (Lipinski definition) is 2. The zero-order valence-corrected chi connectivity index (χ0v) is 12.5. The van der Waals surface area contributed by atoms with E-state index in [2.05, 4.69) is 24.5 Å². The van der Waals surface area contributed by atoms with Crippen molar-refractivity contribution in [1.29, 1.82) is 0 Å². The van der Waals surface area contributed by atoms with Crippen molar-refractivity contribution < 1.29 is 14.7 Å². The molecule has 0 saturated heterocycles. The predicted octanol–water partition coefficient (Wildman–Crippen LogP) is 2.51. The summed E-state index contributed by atoms with van der Waals surface area (Å²) in [5.74, 6) is -0.385. The molecular weight excluding hydrogens is 256 g/mol. The number of urea groups is 1. The fraction of sp³-hybridized carbons (Fsp3) is 0.867. The second-order valence-corrected chi connectivity index (χ2v) is 7.03. The first kappa shape index (κ1) is 15.1. The van der Waals surface area contributed by atoms with Crippen LogP contribution in [0.1, 0.15) is 58.8 Å². The summed E-state index contributed by atoms with van der Waals surface area (Å²) >= 11 is 0. The third-order valence-corrected chi connectivity index (χ3v) is 4.95. The van der Waals surface area contributed by atoms with Crippen molar-refractivity contribution in [3.63, 3.8) is 0 Å². The SMILES string of the molecule is CC1(C)CC1CNC(=O)NC1(C(=O)O)CCCCCC1. The number of carboxylic acid groups (broad SMARTS) is 1. The highest BCUT2D eigenvalue weighted by atomic mass is 16.4. The summed E-state index contributed by atoms with van der Waals surface area (Å²) in [7, 11) is 0. The van der Waals surface area contributed by atoms with Gasteiger partial charge >= 0.3 is 12.0 Å². The fourth-order valence-corrected chi connectivity index (χ4v) is 3.13. The molecule has 0 spiro atoms. The molecule has 20 heavy (non-hydrogen) atoms. The average Bonchev–Trinajstić information content (AvgIpc) is 3.04. The maximum Gasteiger partial charge on any atom is 0.329 e. The first-order valence-corrected chi connectivity index (χ1v) is 7.65. The Morgan fingerprint density at radius 3 is 2.15 bits per heavy atom. The van der Waals surface area contributed by atoms with Crippen LogP contribution in [0.15, 0.2) is 0 Å². The molecule has 5 heteroatoms. The molecule has 0 aromatic carbocycles. The highest BCUT2D eigenvalue weighted by Gasteiger charge is 2.46. The van der Waals surface area contributed by atoms with E-state index < -0.39 is 11.5 Å². The van der Waals surface area contributed by atoms with E-state index in [1.807, 2.05) is 0 Å². The third kappa shape index (κ3) is 3.44. The van der Waals surface area contributed by atoms with E-state index in [9.17, 15) is 14.7 Å². The number of nitrogens with one attached hydrogen (secondary N) is 2. The van der Waals surface area contributed by atoms with Crippen molar-refractivity contribution >= 4 is 12.0 Å². The van der Waals surface area contributed by atoms with Gasteiger partial charge in [-0.2, -0.15) is 0 Å². The normalized spacial score (nSPS) is 27.2. The van der Waals surface area contributed by atoms with Gasteiger partial charge < -0.3 is 15.7 Å². The quantitative estimate of drug-likeness (QED) is 0.693. The summed E-state index contributed by atoms with van der Waals surface area (Å²) in [6, 6.07) is -0.336. The fourth-order valence-electron chi connectivity index (χ4n) is 3.13. The standard InChI is InChI=1S/C15H26N2O3/c1-14(2)9-11(14)10-16-13(20)17-15(12(18)19)7-5-3-4-6-8-15/h11H,3-10H2,1-2H3,(H,18,19)(H2,16,17,20). The maximum atomic E-state index is 12.0. The summed E-state index contributed by atoms with van der Waals surface area (Å²) in [6.45, 7) is 5.00. The van der Waals surface area contributed by atoms with Gasteiger partial charge in [0.1, 0.15) is 5.54 Å². The van der Waals surface area contributed by atoms with E-state index in [0.717, 1.165) is 32.1 Å². The van der Waals surface area contributed by atoms with Crippen molar-refractivity contribution in [3.8, 4) is 0 Å². The zero-order valence-electron chi connectivity index (χ0n) is 12.5. The van der Waals surface area contributed by atoms with Gasteiger partial charge in [0.25, 0.3) is 0 Å². The molecule has 2 rings (SSSR count). The van der Waals surface area contributed by atoms with Crippen LogP contribution >= 0.6 is 0 Å². The van der Waals surface area contributed by atoms with E-state index in [4.69, 9.17) is 0 Å². The lowest BCUT2D eigenvalue weighted by atomic mass is 9.90. The first-order valence-electron chi connectivity index (χ1n) is 7.65. The Bertz CT molecular complexity index is 385.